The Morgan fingerprint density at radius 1 is 1.06 bits per heavy atom. The molecule has 0 amide bonds. The topological polar surface area (TPSA) is 12.0 Å². The Kier molecular flexibility index (Phi) is 3.79. The van der Waals surface area contributed by atoms with Gasteiger partial charge in [0.15, 0.2) is 0 Å². The predicted octanol–water partition coefficient (Wildman–Crippen LogP) is 4.76. The summed E-state index contributed by atoms with van der Waals surface area (Å²) >= 11 is 3.38. The van der Waals surface area contributed by atoms with Gasteiger partial charge in [-0.05, 0) is 37.3 Å². The summed E-state index contributed by atoms with van der Waals surface area (Å²) in [6.45, 7) is 1.94. The molecule has 1 N–H and O–H groups in total. The molecular formula is C14H13BrFN. The maximum atomic E-state index is 13.6. The second-order valence-corrected chi connectivity index (χ2v) is 4.81. The minimum absolute atomic E-state index is 0.0580. The normalized spacial score (nSPS) is 12.2. The Labute approximate surface area is 109 Å². The van der Waals surface area contributed by atoms with Crippen molar-refractivity contribution in [2.45, 2.75) is 13.0 Å². The second kappa shape index (κ2) is 5.32. The molecule has 0 saturated carbocycles. The van der Waals surface area contributed by atoms with Crippen LogP contribution in [-0.2, 0) is 0 Å². The molecule has 0 heterocycles. The summed E-state index contributed by atoms with van der Waals surface area (Å²) in [5.41, 5.74) is 1.65. The molecule has 0 saturated heterocycles. The standard InChI is InChI=1S/C14H13BrFN/c1-10(13-4-2-3-5-14(13)16)17-12-8-6-11(15)7-9-12/h2-10,17H,1H3. The highest BCUT2D eigenvalue weighted by atomic mass is 79.9. The molecule has 0 fully saturated rings. The summed E-state index contributed by atoms with van der Waals surface area (Å²) in [5.74, 6) is -0.176. The molecule has 0 aliphatic rings. The molecule has 88 valence electrons. The van der Waals surface area contributed by atoms with Gasteiger partial charge >= 0.3 is 0 Å². The van der Waals surface area contributed by atoms with Gasteiger partial charge < -0.3 is 5.32 Å². The van der Waals surface area contributed by atoms with Crippen molar-refractivity contribution in [1.82, 2.24) is 0 Å². The van der Waals surface area contributed by atoms with Crippen LogP contribution in [0.1, 0.15) is 18.5 Å². The summed E-state index contributed by atoms with van der Waals surface area (Å²) in [6, 6.07) is 14.6. The van der Waals surface area contributed by atoms with Gasteiger partial charge in [0.1, 0.15) is 5.82 Å². The lowest BCUT2D eigenvalue weighted by atomic mass is 10.1. The molecule has 3 heteroatoms. The maximum Gasteiger partial charge on any atom is 0.128 e. The first-order valence-corrected chi connectivity index (χ1v) is 6.22. The van der Waals surface area contributed by atoms with Crippen LogP contribution in [0.2, 0.25) is 0 Å². The summed E-state index contributed by atoms with van der Waals surface area (Å²) < 4.78 is 14.6. The Balaban J connectivity index is 2.14. The molecule has 1 unspecified atom stereocenters. The molecule has 2 aromatic carbocycles. The number of rotatable bonds is 3. The van der Waals surface area contributed by atoms with Crippen LogP contribution < -0.4 is 5.32 Å². The molecular weight excluding hydrogens is 281 g/mol. The smallest absolute Gasteiger partial charge is 0.128 e. The molecule has 0 spiro atoms. The van der Waals surface area contributed by atoms with E-state index in [1.165, 1.54) is 6.07 Å². The van der Waals surface area contributed by atoms with E-state index in [1.807, 2.05) is 37.3 Å². The molecule has 1 atom stereocenters. The van der Waals surface area contributed by atoms with Gasteiger partial charge in [-0.2, -0.15) is 0 Å². The van der Waals surface area contributed by atoms with Crippen molar-refractivity contribution in [2.75, 3.05) is 5.32 Å². The fourth-order valence-electron chi connectivity index (χ4n) is 1.70. The minimum Gasteiger partial charge on any atom is -0.378 e. The van der Waals surface area contributed by atoms with Gasteiger partial charge in [0.05, 0.1) is 6.04 Å². The third kappa shape index (κ3) is 3.07. The zero-order valence-electron chi connectivity index (χ0n) is 9.45. The zero-order chi connectivity index (χ0) is 12.3. The predicted molar refractivity (Wildman–Crippen MR) is 72.6 cm³/mol. The number of hydrogen-bond donors (Lipinski definition) is 1. The lowest BCUT2D eigenvalue weighted by Gasteiger charge is -2.16. The van der Waals surface area contributed by atoms with Gasteiger partial charge in [0, 0.05) is 15.7 Å². The summed E-state index contributed by atoms with van der Waals surface area (Å²) in [7, 11) is 0. The van der Waals surface area contributed by atoms with E-state index in [0.29, 0.717) is 5.56 Å². The molecule has 0 aliphatic heterocycles. The molecule has 1 nitrogen and oxygen atoms in total. The van der Waals surface area contributed by atoms with E-state index in [1.54, 1.807) is 12.1 Å². The fraction of sp³-hybridized carbons (Fsp3) is 0.143. The monoisotopic (exact) mass is 293 g/mol. The summed E-state index contributed by atoms with van der Waals surface area (Å²) in [4.78, 5) is 0. The first-order valence-electron chi connectivity index (χ1n) is 5.43. The molecule has 17 heavy (non-hydrogen) atoms. The van der Waals surface area contributed by atoms with Crippen molar-refractivity contribution in [3.63, 3.8) is 0 Å². The zero-order valence-corrected chi connectivity index (χ0v) is 11.0. The SMILES string of the molecule is CC(Nc1ccc(Br)cc1)c1ccccc1F. The molecule has 2 aromatic rings. The largest absolute Gasteiger partial charge is 0.378 e. The Morgan fingerprint density at radius 2 is 1.71 bits per heavy atom. The number of anilines is 1. The maximum absolute atomic E-state index is 13.6. The average Bonchev–Trinajstić information content (AvgIpc) is 2.32. The molecule has 2 rings (SSSR count). The van der Waals surface area contributed by atoms with Crippen molar-refractivity contribution in [3.8, 4) is 0 Å². The van der Waals surface area contributed by atoms with Crippen molar-refractivity contribution in [1.29, 1.82) is 0 Å². The van der Waals surface area contributed by atoms with Crippen LogP contribution in [0.15, 0.2) is 53.0 Å². The minimum atomic E-state index is -0.176. The third-order valence-electron chi connectivity index (χ3n) is 2.60. The van der Waals surface area contributed by atoms with E-state index < -0.39 is 0 Å². The Bertz CT molecular complexity index is 496. The Hall–Kier alpha value is -1.35. The highest BCUT2D eigenvalue weighted by molar-refractivity contribution is 9.10. The van der Waals surface area contributed by atoms with Gasteiger partial charge in [-0.15, -0.1) is 0 Å². The Morgan fingerprint density at radius 3 is 2.35 bits per heavy atom. The van der Waals surface area contributed by atoms with Gasteiger partial charge in [0.25, 0.3) is 0 Å². The van der Waals surface area contributed by atoms with Gasteiger partial charge in [-0.3, -0.25) is 0 Å². The van der Waals surface area contributed by atoms with Crippen LogP contribution >= 0.6 is 15.9 Å². The number of benzene rings is 2. The van der Waals surface area contributed by atoms with Crippen molar-refractivity contribution < 1.29 is 4.39 Å². The van der Waals surface area contributed by atoms with E-state index in [4.69, 9.17) is 0 Å². The number of halogens is 2. The number of hydrogen-bond acceptors (Lipinski definition) is 1. The van der Waals surface area contributed by atoms with Crippen LogP contribution in [0, 0.1) is 5.82 Å². The molecule has 0 aliphatic carbocycles. The van der Waals surface area contributed by atoms with E-state index in [0.717, 1.165) is 10.2 Å². The van der Waals surface area contributed by atoms with Crippen LogP contribution in [0.5, 0.6) is 0 Å². The third-order valence-corrected chi connectivity index (χ3v) is 3.13. The van der Waals surface area contributed by atoms with Crippen LogP contribution in [0.25, 0.3) is 0 Å². The number of nitrogens with one attached hydrogen (secondary N) is 1. The molecule has 0 radical (unpaired) electrons. The van der Waals surface area contributed by atoms with Crippen molar-refractivity contribution in [2.24, 2.45) is 0 Å². The first kappa shape index (κ1) is 12.1. The van der Waals surface area contributed by atoms with Crippen LogP contribution in [0.4, 0.5) is 10.1 Å². The van der Waals surface area contributed by atoms with Gasteiger partial charge in [-0.25, -0.2) is 4.39 Å². The van der Waals surface area contributed by atoms with E-state index in [2.05, 4.69) is 21.2 Å². The van der Waals surface area contributed by atoms with E-state index >= 15 is 0 Å². The lowest BCUT2D eigenvalue weighted by Crippen LogP contribution is -2.08. The first-order chi connectivity index (χ1) is 8.16. The lowest BCUT2D eigenvalue weighted by molar-refractivity contribution is 0.600. The van der Waals surface area contributed by atoms with Gasteiger partial charge in [-0.1, -0.05) is 34.1 Å². The average molecular weight is 294 g/mol. The van der Waals surface area contributed by atoms with Gasteiger partial charge in [0.2, 0.25) is 0 Å². The van der Waals surface area contributed by atoms with Crippen molar-refractivity contribution in [3.05, 3.63) is 64.4 Å². The van der Waals surface area contributed by atoms with E-state index in [9.17, 15) is 4.39 Å². The highest BCUT2D eigenvalue weighted by Gasteiger charge is 2.09. The van der Waals surface area contributed by atoms with Crippen LogP contribution in [-0.4, -0.2) is 0 Å². The van der Waals surface area contributed by atoms with E-state index in [-0.39, 0.29) is 11.9 Å². The fourth-order valence-corrected chi connectivity index (χ4v) is 1.96. The molecule has 0 bridgehead atoms. The molecule has 0 aromatic heterocycles. The van der Waals surface area contributed by atoms with Crippen LogP contribution in [0.3, 0.4) is 0 Å². The quantitative estimate of drug-likeness (QED) is 0.860. The highest BCUT2D eigenvalue weighted by Crippen LogP contribution is 2.22. The van der Waals surface area contributed by atoms with Crippen molar-refractivity contribution >= 4 is 21.6 Å². The summed E-state index contributed by atoms with van der Waals surface area (Å²) in [5, 5.41) is 3.27. The second-order valence-electron chi connectivity index (χ2n) is 3.89. The summed E-state index contributed by atoms with van der Waals surface area (Å²) in [6.07, 6.45) is 0.